The molecule has 4 aromatic heterocycles. The Morgan fingerprint density at radius 2 is 1.21 bits per heavy atom. The number of aromatic nitrogens is 8. The molecule has 0 fully saturated rings. The Bertz CT molecular complexity index is 2220. The number of carbonyl (C=O) groups is 2. The predicted molar refractivity (Wildman–Crippen MR) is 176 cm³/mol. The average Bonchev–Trinajstić information content (AvgIpc) is 3.71. The maximum Gasteiger partial charge on any atom is 0.374 e. The second kappa shape index (κ2) is 14.3. The number of ether oxygens (including phenoxy) is 1. The topological polar surface area (TPSA) is 196 Å². The number of hydrogen-bond donors (Lipinski definition) is 5. The van der Waals surface area contributed by atoms with E-state index in [1.54, 1.807) is 52.5 Å². The fourth-order valence-corrected chi connectivity index (χ4v) is 5.46. The summed E-state index contributed by atoms with van der Waals surface area (Å²) in [5.41, 5.74) is 2.93. The minimum atomic E-state index is -0.588. The normalized spacial score (nSPS) is 10.9. The number of nitrogens with one attached hydrogen (secondary N) is 5. The lowest BCUT2D eigenvalue weighted by Gasteiger charge is -2.10. The van der Waals surface area contributed by atoms with Gasteiger partial charge in [-0.05, 0) is 31.2 Å². The van der Waals surface area contributed by atoms with Crippen molar-refractivity contribution in [1.82, 2.24) is 44.4 Å². The van der Waals surface area contributed by atoms with Crippen LogP contribution in [-0.2, 0) is 17.8 Å². The van der Waals surface area contributed by atoms with Gasteiger partial charge in [0.25, 0.3) is 5.91 Å². The number of aromatic amines is 2. The number of fused-ring (bicyclic) bond motifs is 2. The minimum Gasteiger partial charge on any atom is -0.460 e. The molecule has 18 heteroatoms. The highest BCUT2D eigenvalue weighted by Gasteiger charge is 2.18. The molecule has 0 aliphatic heterocycles. The zero-order valence-corrected chi connectivity index (χ0v) is 27.7. The number of esters is 1. The maximum absolute atomic E-state index is 11.9. The molecule has 0 radical (unpaired) electrons. The van der Waals surface area contributed by atoms with Crippen LogP contribution in [0.15, 0.2) is 49.1 Å². The highest BCUT2D eigenvalue weighted by molar-refractivity contribution is 6.36. The zero-order valence-electron chi connectivity index (χ0n) is 24.7. The number of amides is 1. The molecule has 1 amide bonds. The third-order valence-electron chi connectivity index (χ3n) is 6.73. The van der Waals surface area contributed by atoms with E-state index in [0.29, 0.717) is 66.6 Å². The largest absolute Gasteiger partial charge is 0.460 e. The van der Waals surface area contributed by atoms with Gasteiger partial charge in [0.1, 0.15) is 11.0 Å². The van der Waals surface area contributed by atoms with E-state index in [0.717, 1.165) is 0 Å². The predicted octanol–water partition coefficient (Wildman–Crippen LogP) is 4.72. The molecule has 242 valence electrons. The van der Waals surface area contributed by atoms with E-state index in [4.69, 9.17) is 62.0 Å². The minimum absolute atomic E-state index is 0.00385. The fourth-order valence-electron chi connectivity index (χ4n) is 4.43. The van der Waals surface area contributed by atoms with Crippen molar-refractivity contribution in [2.75, 3.05) is 13.7 Å². The van der Waals surface area contributed by atoms with Crippen molar-refractivity contribution in [3.63, 3.8) is 0 Å². The first-order valence-electron chi connectivity index (χ1n) is 13.8. The third-order valence-corrected chi connectivity index (χ3v) is 8.15. The van der Waals surface area contributed by atoms with Gasteiger partial charge >= 0.3 is 5.97 Å². The van der Waals surface area contributed by atoms with E-state index < -0.39 is 5.97 Å². The Balaban J connectivity index is 0.000000185. The van der Waals surface area contributed by atoms with Crippen LogP contribution in [0.25, 0.3) is 22.3 Å². The van der Waals surface area contributed by atoms with Gasteiger partial charge in [0.2, 0.25) is 5.82 Å². The van der Waals surface area contributed by atoms with Crippen LogP contribution >= 0.6 is 46.4 Å². The Hall–Kier alpha value is -4.76. The first-order valence-corrected chi connectivity index (χ1v) is 15.3. The molecule has 0 saturated carbocycles. The monoisotopic (exact) mass is 715 g/mol. The van der Waals surface area contributed by atoms with E-state index in [2.05, 4.69) is 35.2 Å². The molecular formula is C29H25Cl4N11O3. The molecule has 0 aliphatic carbocycles. The molecule has 0 atom stereocenters. The molecule has 0 saturated heterocycles. The Morgan fingerprint density at radius 1 is 0.787 bits per heavy atom. The van der Waals surface area contributed by atoms with Crippen molar-refractivity contribution in [2.24, 2.45) is 0 Å². The molecule has 0 unspecified atom stereocenters. The molecule has 0 aliphatic rings. The molecule has 47 heavy (non-hydrogen) atoms. The third kappa shape index (κ3) is 7.15. The summed E-state index contributed by atoms with van der Waals surface area (Å²) >= 11 is 24.8. The zero-order chi connectivity index (χ0) is 33.8. The van der Waals surface area contributed by atoms with E-state index in [1.165, 1.54) is 19.7 Å². The summed E-state index contributed by atoms with van der Waals surface area (Å²) in [6.45, 7) is 2.56. The van der Waals surface area contributed by atoms with Crippen molar-refractivity contribution in [3.8, 4) is 0 Å². The molecule has 0 bridgehead atoms. The van der Waals surface area contributed by atoms with Gasteiger partial charge in [-0.1, -0.05) is 58.5 Å². The number of rotatable bonds is 7. The number of nitrogens with zero attached hydrogens (tertiary/aromatic N) is 6. The van der Waals surface area contributed by atoms with Gasteiger partial charge in [0.05, 0.1) is 32.4 Å². The molecule has 4 heterocycles. The number of carbonyl (C=O) groups excluding carboxylic acids is 2. The highest BCUT2D eigenvalue weighted by Crippen LogP contribution is 2.27. The first kappa shape index (κ1) is 33.6. The molecule has 14 nitrogen and oxygen atoms in total. The van der Waals surface area contributed by atoms with E-state index in [1.807, 2.05) is 0 Å². The smallest absolute Gasteiger partial charge is 0.374 e. The Kier molecular flexibility index (Phi) is 10.3. The van der Waals surface area contributed by atoms with Gasteiger partial charge in [0, 0.05) is 38.3 Å². The summed E-state index contributed by atoms with van der Waals surface area (Å²) in [7, 11) is 1.51. The van der Waals surface area contributed by atoms with Crippen LogP contribution in [0.3, 0.4) is 0 Å². The van der Waals surface area contributed by atoms with E-state index >= 15 is 0 Å². The number of benzene rings is 2. The Morgan fingerprint density at radius 3 is 1.64 bits per heavy atom. The molecule has 2 aromatic carbocycles. The number of H-pyrrole nitrogens is 2. The van der Waals surface area contributed by atoms with Gasteiger partial charge in [0.15, 0.2) is 28.1 Å². The quantitative estimate of drug-likeness (QED) is 0.147. The van der Waals surface area contributed by atoms with Gasteiger partial charge in [-0.2, -0.15) is 0 Å². The lowest BCUT2D eigenvalue weighted by Crippen LogP contribution is -2.19. The van der Waals surface area contributed by atoms with Crippen molar-refractivity contribution < 1.29 is 14.3 Å². The number of hydrogen-bond acceptors (Lipinski definition) is 9. The lowest BCUT2D eigenvalue weighted by atomic mass is 10.2. The highest BCUT2D eigenvalue weighted by atomic mass is 35.5. The summed E-state index contributed by atoms with van der Waals surface area (Å²) in [6.07, 6.45) is 2.93. The van der Waals surface area contributed by atoms with Gasteiger partial charge in [-0.25, -0.2) is 24.7 Å². The van der Waals surface area contributed by atoms with Crippen molar-refractivity contribution in [3.05, 3.63) is 103 Å². The van der Waals surface area contributed by atoms with Crippen LogP contribution in [0.5, 0.6) is 0 Å². The number of halogens is 4. The standard InChI is InChI=1S/C15H13Cl2N5O2.C14H12Cl2N6O/c1-2-24-15(23)13-20-11-12(18)19-7-22(14(11)21-13)6-8-9(16)4-3-5-10(8)17;1-18-14(23)12-20-10-11(17)19-6-22(13(10)21-12)5-7-8(15)3-2-4-9(7)16/h3-5,7,18H,2,6H2,1H3,(H,20,21);2-4,6,17H,5H2,1H3,(H,18,23)(H,20,21). The summed E-state index contributed by atoms with van der Waals surface area (Å²) in [4.78, 5) is 45.7. The first-order chi connectivity index (χ1) is 22.5. The van der Waals surface area contributed by atoms with E-state index in [9.17, 15) is 9.59 Å². The average molecular weight is 717 g/mol. The SMILES string of the molecule is CCOC(=O)c1nc2c([nH]1)c(=N)ncn2Cc1c(Cl)cccc1Cl.CNC(=O)c1nc2c([nH]1)c(=N)ncn2Cc1c(Cl)cccc1Cl. The second-order valence-corrected chi connectivity index (χ2v) is 11.3. The molecule has 6 rings (SSSR count). The molecule has 5 N–H and O–H groups in total. The van der Waals surface area contributed by atoms with Crippen LogP contribution in [-0.4, -0.2) is 64.6 Å². The van der Waals surface area contributed by atoms with Crippen LogP contribution in [0.4, 0.5) is 0 Å². The summed E-state index contributed by atoms with van der Waals surface area (Å²) in [5.74, 6) is -0.825. The van der Waals surface area contributed by atoms with Crippen LogP contribution in [0.2, 0.25) is 20.1 Å². The van der Waals surface area contributed by atoms with E-state index in [-0.39, 0.29) is 35.1 Å². The molecule has 0 spiro atoms. The summed E-state index contributed by atoms with van der Waals surface area (Å²) in [6, 6.07) is 10.5. The van der Waals surface area contributed by atoms with Crippen molar-refractivity contribution in [2.45, 2.75) is 20.0 Å². The van der Waals surface area contributed by atoms with Crippen LogP contribution < -0.4 is 16.3 Å². The van der Waals surface area contributed by atoms with Gasteiger partial charge in [-0.15, -0.1) is 0 Å². The fraction of sp³-hybridized carbons (Fsp3) is 0.172. The van der Waals surface area contributed by atoms with Gasteiger partial charge in [-0.3, -0.25) is 15.6 Å². The molecular weight excluding hydrogens is 692 g/mol. The molecule has 6 aromatic rings. The van der Waals surface area contributed by atoms with Crippen LogP contribution in [0.1, 0.15) is 39.3 Å². The Labute approximate surface area is 285 Å². The lowest BCUT2D eigenvalue weighted by molar-refractivity contribution is 0.0513. The van der Waals surface area contributed by atoms with Crippen LogP contribution in [0, 0.1) is 10.8 Å². The number of imidazole rings is 2. The van der Waals surface area contributed by atoms with Crippen molar-refractivity contribution >= 4 is 80.6 Å². The van der Waals surface area contributed by atoms with Gasteiger partial charge < -0.3 is 29.2 Å². The summed E-state index contributed by atoms with van der Waals surface area (Å²) in [5, 5.41) is 20.3. The van der Waals surface area contributed by atoms with Crippen molar-refractivity contribution in [1.29, 1.82) is 10.8 Å². The second-order valence-electron chi connectivity index (χ2n) is 9.71. The maximum atomic E-state index is 11.9. The summed E-state index contributed by atoms with van der Waals surface area (Å²) < 4.78 is 8.28.